The van der Waals surface area contributed by atoms with Crippen molar-refractivity contribution in [3.63, 3.8) is 0 Å². The lowest BCUT2D eigenvalue weighted by molar-refractivity contribution is 0.136. The molecule has 88 valence electrons. The van der Waals surface area contributed by atoms with Crippen LogP contribution >= 0.6 is 0 Å². The number of ether oxygens (including phenoxy) is 1. The molecule has 1 atom stereocenters. The van der Waals surface area contributed by atoms with Crippen LogP contribution < -0.4 is 5.32 Å². The largest absolute Gasteiger partial charge is 0.382 e. The van der Waals surface area contributed by atoms with Crippen molar-refractivity contribution in [1.29, 1.82) is 5.26 Å². The fraction of sp³-hybridized carbons (Fsp3) is 0.917. The molecule has 1 N–H and O–H groups in total. The van der Waals surface area contributed by atoms with Crippen LogP contribution in [-0.4, -0.2) is 24.8 Å². The Morgan fingerprint density at radius 1 is 1.40 bits per heavy atom. The van der Waals surface area contributed by atoms with Gasteiger partial charge in [0, 0.05) is 19.3 Å². The Hall–Kier alpha value is -0.590. The molecule has 0 fully saturated rings. The predicted molar refractivity (Wildman–Crippen MR) is 62.6 cm³/mol. The van der Waals surface area contributed by atoms with Gasteiger partial charge in [-0.1, -0.05) is 6.92 Å². The molecule has 15 heavy (non-hydrogen) atoms. The van der Waals surface area contributed by atoms with E-state index in [-0.39, 0.29) is 5.54 Å². The van der Waals surface area contributed by atoms with Crippen molar-refractivity contribution in [3.05, 3.63) is 0 Å². The molecular formula is C12H24N2O. The Labute approximate surface area is 93.8 Å². The highest BCUT2D eigenvalue weighted by molar-refractivity contribution is 5.06. The van der Waals surface area contributed by atoms with E-state index in [1.807, 2.05) is 6.92 Å². The van der Waals surface area contributed by atoms with Crippen LogP contribution in [0.3, 0.4) is 0 Å². The van der Waals surface area contributed by atoms with Gasteiger partial charge in [0.05, 0.1) is 6.07 Å². The van der Waals surface area contributed by atoms with Gasteiger partial charge in [-0.3, -0.25) is 5.32 Å². The Morgan fingerprint density at radius 2 is 2.07 bits per heavy atom. The van der Waals surface area contributed by atoms with Gasteiger partial charge >= 0.3 is 0 Å². The van der Waals surface area contributed by atoms with Gasteiger partial charge in [-0.05, 0) is 40.0 Å². The number of nitriles is 1. The van der Waals surface area contributed by atoms with E-state index in [0.29, 0.717) is 6.04 Å². The summed E-state index contributed by atoms with van der Waals surface area (Å²) in [6.07, 6.45) is 2.64. The molecule has 3 nitrogen and oxygen atoms in total. The number of hydrogen-bond acceptors (Lipinski definition) is 3. The van der Waals surface area contributed by atoms with Crippen molar-refractivity contribution in [2.24, 2.45) is 0 Å². The summed E-state index contributed by atoms with van der Waals surface area (Å²) in [5.74, 6) is 0. The van der Waals surface area contributed by atoms with Crippen LogP contribution in [0.2, 0.25) is 0 Å². The van der Waals surface area contributed by atoms with Crippen molar-refractivity contribution < 1.29 is 4.74 Å². The monoisotopic (exact) mass is 212 g/mol. The van der Waals surface area contributed by atoms with E-state index in [2.05, 4.69) is 32.2 Å². The number of hydrogen-bond donors (Lipinski definition) is 1. The zero-order valence-electron chi connectivity index (χ0n) is 10.5. The minimum Gasteiger partial charge on any atom is -0.382 e. The van der Waals surface area contributed by atoms with Gasteiger partial charge in [0.15, 0.2) is 0 Å². The number of nitrogens with zero attached hydrogens (tertiary/aromatic N) is 1. The second-order valence-electron chi connectivity index (χ2n) is 4.15. The molecule has 0 bridgehead atoms. The molecule has 0 radical (unpaired) electrons. The zero-order valence-corrected chi connectivity index (χ0v) is 10.5. The molecular weight excluding hydrogens is 188 g/mol. The summed E-state index contributed by atoms with van der Waals surface area (Å²) < 4.78 is 5.29. The molecule has 0 aliphatic carbocycles. The van der Waals surface area contributed by atoms with Crippen molar-refractivity contribution in [1.82, 2.24) is 5.32 Å². The average Bonchev–Trinajstić information content (AvgIpc) is 2.22. The van der Waals surface area contributed by atoms with Gasteiger partial charge in [-0.2, -0.15) is 5.26 Å². The summed E-state index contributed by atoms with van der Waals surface area (Å²) in [4.78, 5) is 0. The first-order valence-electron chi connectivity index (χ1n) is 5.87. The summed E-state index contributed by atoms with van der Waals surface area (Å²) >= 11 is 0. The summed E-state index contributed by atoms with van der Waals surface area (Å²) in [6.45, 7) is 9.70. The van der Waals surface area contributed by atoms with Crippen molar-refractivity contribution in [2.75, 3.05) is 13.2 Å². The van der Waals surface area contributed by atoms with E-state index in [1.165, 1.54) is 0 Å². The van der Waals surface area contributed by atoms with E-state index in [1.54, 1.807) is 0 Å². The first-order chi connectivity index (χ1) is 7.10. The summed E-state index contributed by atoms with van der Waals surface area (Å²) in [7, 11) is 0. The molecule has 0 spiro atoms. The number of rotatable bonds is 8. The van der Waals surface area contributed by atoms with Gasteiger partial charge < -0.3 is 4.74 Å². The summed E-state index contributed by atoms with van der Waals surface area (Å²) in [5, 5.41) is 12.6. The molecule has 0 saturated heterocycles. The first kappa shape index (κ1) is 14.4. The Morgan fingerprint density at radius 3 is 2.47 bits per heavy atom. The molecule has 0 saturated carbocycles. The van der Waals surface area contributed by atoms with Crippen molar-refractivity contribution in [2.45, 2.75) is 58.5 Å². The SMILES string of the molecule is CCOCCCC(C#N)(CC)NC(C)C. The molecule has 0 aliphatic rings. The highest BCUT2D eigenvalue weighted by Crippen LogP contribution is 2.17. The smallest absolute Gasteiger partial charge is 0.106 e. The van der Waals surface area contributed by atoms with Gasteiger partial charge in [0.25, 0.3) is 0 Å². The highest BCUT2D eigenvalue weighted by atomic mass is 16.5. The maximum Gasteiger partial charge on any atom is 0.106 e. The van der Waals surface area contributed by atoms with Gasteiger partial charge in [0.2, 0.25) is 0 Å². The van der Waals surface area contributed by atoms with E-state index >= 15 is 0 Å². The lowest BCUT2D eigenvalue weighted by Crippen LogP contribution is -2.47. The molecule has 3 heteroatoms. The lowest BCUT2D eigenvalue weighted by atomic mass is 9.91. The number of nitrogens with one attached hydrogen (secondary N) is 1. The second-order valence-corrected chi connectivity index (χ2v) is 4.15. The molecule has 0 heterocycles. The maximum atomic E-state index is 9.23. The van der Waals surface area contributed by atoms with Crippen LogP contribution in [0, 0.1) is 11.3 Å². The fourth-order valence-corrected chi connectivity index (χ4v) is 1.69. The van der Waals surface area contributed by atoms with Crippen LogP contribution in [-0.2, 0) is 4.74 Å². The molecule has 0 aromatic carbocycles. The average molecular weight is 212 g/mol. The lowest BCUT2D eigenvalue weighted by Gasteiger charge is -2.29. The molecule has 0 aromatic heterocycles. The van der Waals surface area contributed by atoms with Gasteiger partial charge in [-0.15, -0.1) is 0 Å². The van der Waals surface area contributed by atoms with Crippen LogP contribution in [0.5, 0.6) is 0 Å². The Kier molecular flexibility index (Phi) is 7.37. The van der Waals surface area contributed by atoms with E-state index in [4.69, 9.17) is 4.74 Å². The van der Waals surface area contributed by atoms with Crippen molar-refractivity contribution >= 4 is 0 Å². The van der Waals surface area contributed by atoms with E-state index < -0.39 is 0 Å². The fourth-order valence-electron chi connectivity index (χ4n) is 1.69. The Bertz CT molecular complexity index is 198. The summed E-state index contributed by atoms with van der Waals surface area (Å²) in [6, 6.07) is 2.75. The topological polar surface area (TPSA) is 45.0 Å². The van der Waals surface area contributed by atoms with Crippen LogP contribution in [0.15, 0.2) is 0 Å². The standard InChI is InChI=1S/C12H24N2O/c1-5-12(10-13,14-11(3)4)8-7-9-15-6-2/h11,14H,5-9H2,1-4H3. The molecule has 1 unspecified atom stereocenters. The minimum atomic E-state index is -0.370. The zero-order chi connectivity index (χ0) is 11.7. The van der Waals surface area contributed by atoms with Crippen LogP contribution in [0.4, 0.5) is 0 Å². The normalized spacial score (nSPS) is 14.9. The van der Waals surface area contributed by atoms with Crippen LogP contribution in [0.25, 0.3) is 0 Å². The summed E-state index contributed by atoms with van der Waals surface area (Å²) in [5.41, 5.74) is -0.370. The van der Waals surface area contributed by atoms with Gasteiger partial charge in [-0.25, -0.2) is 0 Å². The minimum absolute atomic E-state index is 0.344. The molecule has 0 aliphatic heterocycles. The quantitative estimate of drug-likeness (QED) is 0.629. The second kappa shape index (κ2) is 7.67. The van der Waals surface area contributed by atoms with Gasteiger partial charge in [0.1, 0.15) is 5.54 Å². The third-order valence-corrected chi connectivity index (χ3v) is 2.48. The van der Waals surface area contributed by atoms with E-state index in [9.17, 15) is 5.26 Å². The molecule has 0 aromatic rings. The highest BCUT2D eigenvalue weighted by Gasteiger charge is 2.27. The van der Waals surface area contributed by atoms with Crippen LogP contribution in [0.1, 0.15) is 47.0 Å². The van der Waals surface area contributed by atoms with Crippen molar-refractivity contribution in [3.8, 4) is 6.07 Å². The third-order valence-electron chi connectivity index (χ3n) is 2.48. The third kappa shape index (κ3) is 5.76. The maximum absolute atomic E-state index is 9.23. The predicted octanol–water partition coefficient (Wildman–Crippen LogP) is 2.47. The first-order valence-corrected chi connectivity index (χ1v) is 5.87. The molecule has 0 rings (SSSR count). The Balaban J connectivity index is 4.08. The molecule has 0 amide bonds. The van der Waals surface area contributed by atoms with E-state index in [0.717, 1.165) is 32.5 Å².